The molecule has 2 heterocycles. The minimum Gasteiger partial charge on any atom is -0.394 e. The second kappa shape index (κ2) is 4.40. The third-order valence-corrected chi connectivity index (χ3v) is 2.64. The third-order valence-electron chi connectivity index (χ3n) is 2.46. The molecule has 0 amide bonds. The highest BCUT2D eigenvalue weighted by atomic mass is 35.5. The van der Waals surface area contributed by atoms with Gasteiger partial charge < -0.3 is 20.9 Å². The monoisotopic (exact) mass is 244 g/mol. The molecule has 0 bridgehead atoms. The highest BCUT2D eigenvalue weighted by molar-refractivity contribution is 6.28. The molecule has 4 N–H and O–H groups in total. The molecule has 1 aliphatic rings. The van der Waals surface area contributed by atoms with E-state index in [2.05, 4.69) is 15.3 Å². The molecular formula is C9H13ClN4O2. The molecule has 0 saturated carbocycles. The Bertz CT molecular complexity index is 382. The molecule has 0 spiro atoms. The second-order valence-electron chi connectivity index (χ2n) is 3.82. The van der Waals surface area contributed by atoms with Crippen molar-refractivity contribution in [2.45, 2.75) is 12.0 Å². The maximum atomic E-state index is 10.0. The molecule has 1 aromatic rings. The fourth-order valence-electron chi connectivity index (χ4n) is 1.50. The number of ether oxygens (including phenoxy) is 1. The smallest absolute Gasteiger partial charge is 0.224 e. The van der Waals surface area contributed by atoms with Gasteiger partial charge in [0.1, 0.15) is 5.60 Å². The van der Waals surface area contributed by atoms with Crippen LogP contribution in [0.1, 0.15) is 6.42 Å². The first kappa shape index (κ1) is 11.4. The molecule has 1 aliphatic heterocycles. The second-order valence-corrected chi connectivity index (χ2v) is 4.16. The summed E-state index contributed by atoms with van der Waals surface area (Å²) in [6, 6.07) is 0. The van der Waals surface area contributed by atoms with Crippen LogP contribution in [0.3, 0.4) is 0 Å². The molecule has 6 nitrogen and oxygen atoms in total. The van der Waals surface area contributed by atoms with Crippen molar-refractivity contribution in [3.63, 3.8) is 0 Å². The van der Waals surface area contributed by atoms with Crippen molar-refractivity contribution < 1.29 is 9.84 Å². The van der Waals surface area contributed by atoms with Gasteiger partial charge in [-0.05, 0) is 11.6 Å². The first-order chi connectivity index (χ1) is 7.59. The molecule has 1 fully saturated rings. The lowest BCUT2D eigenvalue weighted by molar-refractivity contribution is 0.0381. The largest absolute Gasteiger partial charge is 0.394 e. The van der Waals surface area contributed by atoms with Crippen LogP contribution in [-0.2, 0) is 4.74 Å². The number of aromatic nitrogens is 2. The molecule has 0 aromatic carbocycles. The summed E-state index contributed by atoms with van der Waals surface area (Å²) >= 11 is 5.64. The number of hydrogen-bond donors (Lipinski definition) is 3. The van der Waals surface area contributed by atoms with E-state index in [0.717, 1.165) is 0 Å². The number of hydrogen-bond acceptors (Lipinski definition) is 6. The number of halogens is 1. The van der Waals surface area contributed by atoms with Crippen LogP contribution in [0.15, 0.2) is 6.20 Å². The van der Waals surface area contributed by atoms with E-state index < -0.39 is 5.60 Å². The van der Waals surface area contributed by atoms with E-state index in [1.165, 1.54) is 6.20 Å². The highest BCUT2D eigenvalue weighted by Crippen LogP contribution is 2.21. The summed E-state index contributed by atoms with van der Waals surface area (Å²) in [4.78, 5) is 7.67. The SMILES string of the molecule is Nc1cnc(Cl)nc1NCC1(O)CCOC1. The minimum absolute atomic E-state index is 0.117. The lowest BCUT2D eigenvalue weighted by Crippen LogP contribution is -2.37. The minimum atomic E-state index is -0.857. The molecule has 16 heavy (non-hydrogen) atoms. The van der Waals surface area contributed by atoms with E-state index in [4.69, 9.17) is 22.1 Å². The molecule has 0 aliphatic carbocycles. The van der Waals surface area contributed by atoms with E-state index in [1.807, 2.05) is 0 Å². The van der Waals surface area contributed by atoms with Crippen LogP contribution < -0.4 is 11.1 Å². The standard InChI is InChI=1S/C9H13ClN4O2/c10-8-12-3-6(11)7(14-8)13-4-9(15)1-2-16-5-9/h3,15H,1-2,4-5,11H2,(H,12,13,14). The molecule has 1 unspecified atom stereocenters. The fraction of sp³-hybridized carbons (Fsp3) is 0.556. The van der Waals surface area contributed by atoms with Gasteiger partial charge in [0.05, 0.1) is 18.5 Å². The van der Waals surface area contributed by atoms with Gasteiger partial charge in [-0.1, -0.05) is 0 Å². The molecular weight excluding hydrogens is 232 g/mol. The molecule has 1 saturated heterocycles. The fourth-order valence-corrected chi connectivity index (χ4v) is 1.63. The Morgan fingerprint density at radius 3 is 3.19 bits per heavy atom. The third kappa shape index (κ3) is 2.52. The zero-order valence-electron chi connectivity index (χ0n) is 8.61. The van der Waals surface area contributed by atoms with Gasteiger partial charge in [-0.15, -0.1) is 0 Å². The van der Waals surface area contributed by atoms with Gasteiger partial charge in [-0.3, -0.25) is 0 Å². The van der Waals surface area contributed by atoms with Crippen molar-refractivity contribution in [2.24, 2.45) is 0 Å². The van der Waals surface area contributed by atoms with Gasteiger partial charge in [-0.25, -0.2) is 4.98 Å². The van der Waals surface area contributed by atoms with Gasteiger partial charge in [0, 0.05) is 19.6 Å². The average Bonchev–Trinajstić information content (AvgIpc) is 2.67. The lowest BCUT2D eigenvalue weighted by atomic mass is 10.0. The van der Waals surface area contributed by atoms with E-state index in [1.54, 1.807) is 0 Å². The molecule has 1 atom stereocenters. The first-order valence-electron chi connectivity index (χ1n) is 4.91. The van der Waals surface area contributed by atoms with E-state index in [-0.39, 0.29) is 5.28 Å². The summed E-state index contributed by atoms with van der Waals surface area (Å²) in [5.41, 5.74) is 5.20. The van der Waals surface area contributed by atoms with Crippen molar-refractivity contribution in [3.05, 3.63) is 11.5 Å². The lowest BCUT2D eigenvalue weighted by Gasteiger charge is -2.21. The summed E-state index contributed by atoms with van der Waals surface area (Å²) in [5, 5.41) is 13.1. The zero-order valence-corrected chi connectivity index (χ0v) is 9.37. The van der Waals surface area contributed by atoms with Crippen molar-refractivity contribution in [2.75, 3.05) is 30.8 Å². The maximum Gasteiger partial charge on any atom is 0.224 e. The van der Waals surface area contributed by atoms with Crippen LogP contribution in [0.25, 0.3) is 0 Å². The Balaban J connectivity index is 2.01. The summed E-state index contributed by atoms with van der Waals surface area (Å²) in [6.45, 7) is 1.21. The van der Waals surface area contributed by atoms with Gasteiger partial charge in [-0.2, -0.15) is 4.98 Å². The summed E-state index contributed by atoms with van der Waals surface area (Å²) in [7, 11) is 0. The van der Waals surface area contributed by atoms with Crippen LogP contribution >= 0.6 is 11.6 Å². The Morgan fingerprint density at radius 1 is 1.69 bits per heavy atom. The molecule has 7 heteroatoms. The van der Waals surface area contributed by atoms with Crippen LogP contribution in [0.4, 0.5) is 11.5 Å². The maximum absolute atomic E-state index is 10.0. The normalized spacial score (nSPS) is 24.6. The van der Waals surface area contributed by atoms with Crippen LogP contribution in [0.2, 0.25) is 5.28 Å². The first-order valence-corrected chi connectivity index (χ1v) is 5.29. The Labute approximate surface area is 97.8 Å². The van der Waals surface area contributed by atoms with Crippen LogP contribution in [-0.4, -0.2) is 40.4 Å². The quantitative estimate of drug-likeness (QED) is 0.661. The van der Waals surface area contributed by atoms with Crippen LogP contribution in [0, 0.1) is 0 Å². The Morgan fingerprint density at radius 2 is 2.50 bits per heavy atom. The molecule has 2 rings (SSSR count). The number of aliphatic hydroxyl groups is 1. The summed E-state index contributed by atoms with van der Waals surface area (Å²) in [5.74, 6) is 0.431. The summed E-state index contributed by atoms with van der Waals surface area (Å²) < 4.78 is 5.12. The van der Waals surface area contributed by atoms with E-state index in [0.29, 0.717) is 37.7 Å². The predicted octanol–water partition coefficient (Wildman–Crippen LogP) is 0.275. The number of nitrogens with one attached hydrogen (secondary N) is 1. The molecule has 0 radical (unpaired) electrons. The van der Waals surface area contributed by atoms with Crippen molar-refractivity contribution in [3.8, 4) is 0 Å². The van der Waals surface area contributed by atoms with Crippen molar-refractivity contribution in [1.82, 2.24) is 9.97 Å². The highest BCUT2D eigenvalue weighted by Gasteiger charge is 2.32. The van der Waals surface area contributed by atoms with Gasteiger partial charge in [0.2, 0.25) is 5.28 Å². The summed E-state index contributed by atoms with van der Waals surface area (Å²) in [6.07, 6.45) is 2.02. The zero-order chi connectivity index (χ0) is 11.6. The number of rotatable bonds is 3. The number of anilines is 2. The average molecular weight is 245 g/mol. The Hall–Kier alpha value is -1.11. The predicted molar refractivity (Wildman–Crippen MR) is 60.3 cm³/mol. The molecule has 1 aromatic heterocycles. The Kier molecular flexibility index (Phi) is 3.13. The van der Waals surface area contributed by atoms with Gasteiger partial charge >= 0.3 is 0 Å². The number of nitrogens with zero attached hydrogens (tertiary/aromatic N) is 2. The number of nitrogen functional groups attached to an aromatic ring is 1. The van der Waals surface area contributed by atoms with E-state index in [9.17, 15) is 5.11 Å². The topological polar surface area (TPSA) is 93.3 Å². The molecule has 88 valence electrons. The van der Waals surface area contributed by atoms with Crippen molar-refractivity contribution in [1.29, 1.82) is 0 Å². The van der Waals surface area contributed by atoms with Gasteiger partial charge in [0.25, 0.3) is 0 Å². The number of nitrogens with two attached hydrogens (primary N) is 1. The van der Waals surface area contributed by atoms with Crippen LogP contribution in [0.5, 0.6) is 0 Å². The van der Waals surface area contributed by atoms with Gasteiger partial charge in [0.15, 0.2) is 5.82 Å². The van der Waals surface area contributed by atoms with E-state index >= 15 is 0 Å². The van der Waals surface area contributed by atoms with Crippen molar-refractivity contribution >= 4 is 23.1 Å².